The van der Waals surface area contributed by atoms with Crippen LogP contribution in [0, 0.1) is 13.8 Å². The van der Waals surface area contributed by atoms with E-state index >= 15 is 0 Å². The molecule has 3 heteroatoms. The van der Waals surface area contributed by atoms with Crippen LogP contribution in [0.15, 0.2) is 18.2 Å². The van der Waals surface area contributed by atoms with Crippen LogP contribution in [0.25, 0.3) is 0 Å². The zero-order valence-electron chi connectivity index (χ0n) is 8.20. The second kappa shape index (κ2) is 6.20. The van der Waals surface area contributed by atoms with Crippen LogP contribution in [0.2, 0.25) is 0 Å². The molecule has 0 bridgehead atoms. The van der Waals surface area contributed by atoms with Gasteiger partial charge >= 0.3 is 0 Å². The largest absolute Gasteiger partial charge is 0.429 e. The minimum atomic E-state index is 0.439. The Hall–Kier alpha value is -1.35. The van der Waals surface area contributed by atoms with E-state index in [0.29, 0.717) is 12.2 Å². The molecule has 1 rings (SSSR count). The summed E-state index contributed by atoms with van der Waals surface area (Å²) in [5.74, 6) is 0.609. The van der Waals surface area contributed by atoms with Crippen LogP contribution in [0.5, 0.6) is 5.75 Å². The van der Waals surface area contributed by atoms with Gasteiger partial charge in [-0.25, -0.2) is 0 Å². The lowest BCUT2D eigenvalue weighted by Crippen LogP contribution is -1.89. The van der Waals surface area contributed by atoms with Gasteiger partial charge in [-0.3, -0.25) is 4.79 Å². The van der Waals surface area contributed by atoms with Crippen molar-refractivity contribution in [2.45, 2.75) is 13.8 Å². The third-order valence-electron chi connectivity index (χ3n) is 1.38. The fraction of sp³-hybridized carbons (Fsp3) is 0.300. The van der Waals surface area contributed by atoms with Gasteiger partial charge in [-0.1, -0.05) is 6.07 Å². The summed E-state index contributed by atoms with van der Waals surface area (Å²) in [5.41, 5.74) is 6.70. The van der Waals surface area contributed by atoms with Gasteiger partial charge in [0.2, 0.25) is 0 Å². The fourth-order valence-electron chi connectivity index (χ4n) is 1.06. The first kappa shape index (κ1) is 11.6. The SMILES string of the molecule is CN.Cc1cc(C)cc(OC=O)c1. The quantitative estimate of drug-likeness (QED) is 0.702. The summed E-state index contributed by atoms with van der Waals surface area (Å²) in [4.78, 5) is 9.97. The van der Waals surface area contributed by atoms with Crippen molar-refractivity contribution in [1.29, 1.82) is 0 Å². The van der Waals surface area contributed by atoms with Crippen LogP contribution < -0.4 is 10.5 Å². The van der Waals surface area contributed by atoms with Gasteiger partial charge in [-0.2, -0.15) is 0 Å². The first-order valence-electron chi connectivity index (χ1n) is 3.98. The van der Waals surface area contributed by atoms with Crippen LogP contribution in [0.3, 0.4) is 0 Å². The number of carbonyl (C=O) groups excluding carboxylic acids is 1. The van der Waals surface area contributed by atoms with Crippen molar-refractivity contribution in [3.8, 4) is 5.75 Å². The summed E-state index contributed by atoms with van der Waals surface area (Å²) in [7, 11) is 1.50. The highest BCUT2D eigenvalue weighted by atomic mass is 16.5. The normalized spacial score (nSPS) is 8.31. The smallest absolute Gasteiger partial charge is 0.298 e. The molecule has 0 unspecified atom stereocenters. The maximum absolute atomic E-state index is 9.97. The molecule has 3 nitrogen and oxygen atoms in total. The molecule has 0 aliphatic heterocycles. The van der Waals surface area contributed by atoms with Crippen LogP contribution >= 0.6 is 0 Å². The molecule has 0 heterocycles. The standard InChI is InChI=1S/C9H10O2.CH5N/c1-7-3-8(2)5-9(4-7)11-6-10;1-2/h3-6H,1-2H3;2H2,1H3. The van der Waals surface area contributed by atoms with Crippen molar-refractivity contribution in [3.63, 3.8) is 0 Å². The van der Waals surface area contributed by atoms with Crippen LogP contribution in [-0.2, 0) is 4.79 Å². The maximum Gasteiger partial charge on any atom is 0.298 e. The van der Waals surface area contributed by atoms with Crippen LogP contribution in [-0.4, -0.2) is 13.5 Å². The molecule has 0 spiro atoms. The van der Waals surface area contributed by atoms with Gasteiger partial charge in [0.15, 0.2) is 0 Å². The molecule has 0 saturated carbocycles. The molecular weight excluding hydrogens is 166 g/mol. The Labute approximate surface area is 78.5 Å². The molecule has 0 fully saturated rings. The van der Waals surface area contributed by atoms with E-state index in [-0.39, 0.29) is 0 Å². The fourth-order valence-corrected chi connectivity index (χ4v) is 1.06. The Morgan fingerprint density at radius 1 is 1.15 bits per heavy atom. The predicted octanol–water partition coefficient (Wildman–Crippen LogP) is 1.41. The molecule has 0 aliphatic rings. The van der Waals surface area contributed by atoms with E-state index in [4.69, 9.17) is 0 Å². The molecule has 0 atom stereocenters. The minimum Gasteiger partial charge on any atom is -0.429 e. The summed E-state index contributed by atoms with van der Waals surface area (Å²) in [5, 5.41) is 0. The second-order valence-electron chi connectivity index (χ2n) is 2.54. The Kier molecular flexibility index (Phi) is 5.55. The maximum atomic E-state index is 9.97. The summed E-state index contributed by atoms with van der Waals surface area (Å²) in [6.45, 7) is 4.36. The number of nitrogens with two attached hydrogens (primary N) is 1. The highest BCUT2D eigenvalue weighted by molar-refractivity contribution is 5.46. The number of carbonyl (C=O) groups is 1. The van der Waals surface area contributed by atoms with E-state index in [1.165, 1.54) is 7.05 Å². The molecular formula is C10H15NO2. The van der Waals surface area contributed by atoms with Gasteiger partial charge < -0.3 is 10.5 Å². The first-order valence-corrected chi connectivity index (χ1v) is 3.98. The third kappa shape index (κ3) is 4.28. The Morgan fingerprint density at radius 3 is 2.00 bits per heavy atom. The monoisotopic (exact) mass is 181 g/mol. The van der Waals surface area contributed by atoms with Crippen molar-refractivity contribution < 1.29 is 9.53 Å². The van der Waals surface area contributed by atoms with Gasteiger partial charge in [0.1, 0.15) is 5.75 Å². The van der Waals surface area contributed by atoms with Crippen molar-refractivity contribution in [2.75, 3.05) is 7.05 Å². The van der Waals surface area contributed by atoms with Crippen LogP contribution in [0.4, 0.5) is 0 Å². The Bertz CT molecular complexity index is 251. The lowest BCUT2D eigenvalue weighted by atomic mass is 10.1. The number of aryl methyl sites for hydroxylation is 2. The second-order valence-corrected chi connectivity index (χ2v) is 2.54. The predicted molar refractivity (Wildman–Crippen MR) is 52.7 cm³/mol. The van der Waals surface area contributed by atoms with E-state index in [0.717, 1.165) is 11.1 Å². The van der Waals surface area contributed by atoms with E-state index in [2.05, 4.69) is 10.5 Å². The molecule has 0 radical (unpaired) electrons. The van der Waals surface area contributed by atoms with Crippen molar-refractivity contribution in [1.82, 2.24) is 0 Å². The lowest BCUT2D eigenvalue weighted by Gasteiger charge is -2.00. The molecule has 0 aromatic heterocycles. The molecule has 1 aromatic rings. The van der Waals surface area contributed by atoms with Gasteiger partial charge in [-0.15, -0.1) is 0 Å². The highest BCUT2D eigenvalue weighted by Crippen LogP contribution is 2.14. The van der Waals surface area contributed by atoms with Crippen molar-refractivity contribution in [3.05, 3.63) is 29.3 Å². The Balaban J connectivity index is 0.000000671. The first-order chi connectivity index (χ1) is 6.22. The van der Waals surface area contributed by atoms with Crippen molar-refractivity contribution in [2.24, 2.45) is 5.73 Å². The highest BCUT2D eigenvalue weighted by Gasteiger charge is 1.94. The van der Waals surface area contributed by atoms with Gasteiger partial charge in [-0.05, 0) is 44.2 Å². The van der Waals surface area contributed by atoms with E-state index in [9.17, 15) is 4.79 Å². The number of ether oxygens (including phenoxy) is 1. The molecule has 0 saturated heterocycles. The third-order valence-corrected chi connectivity index (χ3v) is 1.38. The number of benzene rings is 1. The zero-order chi connectivity index (χ0) is 10.3. The van der Waals surface area contributed by atoms with E-state index in [1.807, 2.05) is 32.0 Å². The van der Waals surface area contributed by atoms with Gasteiger partial charge in [0, 0.05) is 0 Å². The van der Waals surface area contributed by atoms with Gasteiger partial charge in [0.05, 0.1) is 0 Å². The summed E-state index contributed by atoms with van der Waals surface area (Å²) >= 11 is 0. The van der Waals surface area contributed by atoms with Crippen LogP contribution in [0.1, 0.15) is 11.1 Å². The van der Waals surface area contributed by atoms with Crippen molar-refractivity contribution >= 4 is 6.47 Å². The van der Waals surface area contributed by atoms with Gasteiger partial charge in [0.25, 0.3) is 6.47 Å². The average molecular weight is 181 g/mol. The minimum absolute atomic E-state index is 0.439. The Morgan fingerprint density at radius 2 is 1.62 bits per heavy atom. The lowest BCUT2D eigenvalue weighted by molar-refractivity contribution is -0.120. The average Bonchev–Trinajstić information content (AvgIpc) is 2.06. The summed E-state index contributed by atoms with van der Waals surface area (Å²) in [6, 6.07) is 5.67. The number of hydrogen-bond acceptors (Lipinski definition) is 3. The molecule has 1 aromatic carbocycles. The molecule has 0 amide bonds. The summed E-state index contributed by atoms with van der Waals surface area (Å²) in [6.07, 6.45) is 0. The van der Waals surface area contributed by atoms with E-state index < -0.39 is 0 Å². The summed E-state index contributed by atoms with van der Waals surface area (Å²) < 4.78 is 4.69. The molecule has 13 heavy (non-hydrogen) atoms. The zero-order valence-corrected chi connectivity index (χ0v) is 8.20. The molecule has 2 N–H and O–H groups in total. The molecule has 72 valence electrons. The van der Waals surface area contributed by atoms with E-state index in [1.54, 1.807) is 0 Å². The molecule has 0 aliphatic carbocycles. The number of hydrogen-bond donors (Lipinski definition) is 1. The number of rotatable bonds is 2. The topological polar surface area (TPSA) is 52.3 Å².